The summed E-state index contributed by atoms with van der Waals surface area (Å²) in [6.07, 6.45) is 0.908. The Labute approximate surface area is 74.3 Å². The van der Waals surface area contributed by atoms with Gasteiger partial charge >= 0.3 is 5.97 Å². The number of halogens is 1. The van der Waals surface area contributed by atoms with Crippen molar-refractivity contribution in [2.24, 2.45) is 0 Å². The van der Waals surface area contributed by atoms with Crippen LogP contribution in [-0.4, -0.2) is 25.2 Å². The van der Waals surface area contributed by atoms with Gasteiger partial charge in [-0.05, 0) is 0 Å². The highest BCUT2D eigenvalue weighted by molar-refractivity contribution is 5.87. The zero-order valence-electron chi connectivity index (χ0n) is 7.20. The molecule has 0 saturated carbocycles. The van der Waals surface area contributed by atoms with Crippen LogP contribution in [0.15, 0.2) is 12.3 Å². The molecule has 0 spiro atoms. The number of ether oxygens (including phenoxy) is 2. The van der Waals surface area contributed by atoms with Crippen LogP contribution in [0.4, 0.5) is 4.39 Å². The van der Waals surface area contributed by atoms with Crippen LogP contribution < -0.4 is 4.74 Å². The Bertz CT molecular complexity index is 327. The maximum atomic E-state index is 12.8. The molecule has 1 aromatic heterocycles. The van der Waals surface area contributed by atoms with Crippen LogP contribution in [-0.2, 0) is 4.74 Å². The minimum absolute atomic E-state index is 0.0146. The van der Waals surface area contributed by atoms with E-state index in [-0.39, 0.29) is 11.4 Å². The molecule has 0 saturated heterocycles. The van der Waals surface area contributed by atoms with Crippen molar-refractivity contribution < 1.29 is 18.7 Å². The summed E-state index contributed by atoms with van der Waals surface area (Å²) >= 11 is 0. The van der Waals surface area contributed by atoms with Crippen LogP contribution in [0, 0.1) is 5.82 Å². The number of nitrogens with zero attached hydrogens (tertiary/aromatic N) is 1. The van der Waals surface area contributed by atoms with Crippen molar-refractivity contribution >= 4 is 5.97 Å². The SMILES string of the molecule is COC(=O)c1cc(OC)c(F)cn1. The minimum atomic E-state index is -0.627. The normalized spacial score (nSPS) is 9.46. The largest absolute Gasteiger partial charge is 0.494 e. The molecule has 4 nitrogen and oxygen atoms in total. The summed E-state index contributed by atoms with van der Waals surface area (Å²) in [5.41, 5.74) is 0.0146. The van der Waals surface area contributed by atoms with Crippen LogP contribution in [0.5, 0.6) is 5.75 Å². The summed E-state index contributed by atoms with van der Waals surface area (Å²) in [4.78, 5) is 14.5. The number of carbonyl (C=O) groups is 1. The van der Waals surface area contributed by atoms with E-state index in [4.69, 9.17) is 0 Å². The first kappa shape index (κ1) is 9.44. The standard InChI is InChI=1S/C8H8FNO3/c1-12-7-3-6(8(11)13-2)10-4-5(7)9/h3-4H,1-2H3. The molecule has 0 fully saturated rings. The fraction of sp³-hybridized carbons (Fsp3) is 0.250. The number of hydrogen-bond donors (Lipinski definition) is 0. The minimum Gasteiger partial charge on any atom is -0.494 e. The molecule has 0 aliphatic heterocycles. The molecule has 0 aromatic carbocycles. The second-order valence-electron chi connectivity index (χ2n) is 2.20. The summed E-state index contributed by atoms with van der Waals surface area (Å²) in [5.74, 6) is -1.27. The molecule has 0 bridgehead atoms. The van der Waals surface area contributed by atoms with Crippen LogP contribution >= 0.6 is 0 Å². The monoisotopic (exact) mass is 185 g/mol. The van der Waals surface area contributed by atoms with E-state index < -0.39 is 11.8 Å². The van der Waals surface area contributed by atoms with E-state index in [1.165, 1.54) is 20.3 Å². The molecule has 5 heteroatoms. The van der Waals surface area contributed by atoms with Crippen LogP contribution in [0.1, 0.15) is 10.5 Å². The summed E-state index contributed by atoms with van der Waals surface area (Å²) in [6, 6.07) is 1.18. The van der Waals surface area contributed by atoms with Crippen molar-refractivity contribution in [3.63, 3.8) is 0 Å². The summed E-state index contributed by atoms with van der Waals surface area (Å²) in [5, 5.41) is 0. The van der Waals surface area contributed by atoms with Crippen LogP contribution in [0.2, 0.25) is 0 Å². The second-order valence-corrected chi connectivity index (χ2v) is 2.20. The van der Waals surface area contributed by atoms with Gasteiger partial charge < -0.3 is 9.47 Å². The zero-order valence-corrected chi connectivity index (χ0v) is 7.20. The number of aromatic nitrogens is 1. The maximum absolute atomic E-state index is 12.8. The first-order chi connectivity index (χ1) is 6.19. The number of rotatable bonds is 2. The Morgan fingerprint density at radius 1 is 1.54 bits per heavy atom. The lowest BCUT2D eigenvalue weighted by molar-refractivity contribution is 0.0593. The number of esters is 1. The lowest BCUT2D eigenvalue weighted by atomic mass is 10.3. The third kappa shape index (κ3) is 1.93. The summed E-state index contributed by atoms with van der Waals surface area (Å²) in [7, 11) is 2.53. The van der Waals surface area contributed by atoms with Crippen molar-refractivity contribution in [2.75, 3.05) is 14.2 Å². The van der Waals surface area contributed by atoms with Gasteiger partial charge in [-0.25, -0.2) is 14.2 Å². The zero-order chi connectivity index (χ0) is 9.84. The molecule has 1 aromatic rings. The average Bonchev–Trinajstić information content (AvgIpc) is 2.17. The second kappa shape index (κ2) is 3.84. The summed E-state index contributed by atoms with van der Waals surface area (Å²) in [6.45, 7) is 0. The topological polar surface area (TPSA) is 48.4 Å². The maximum Gasteiger partial charge on any atom is 0.356 e. The van der Waals surface area contributed by atoms with E-state index in [1.54, 1.807) is 0 Å². The molecule has 0 N–H and O–H groups in total. The molecule has 0 amide bonds. The van der Waals surface area contributed by atoms with Crippen molar-refractivity contribution in [1.82, 2.24) is 4.98 Å². The Kier molecular flexibility index (Phi) is 2.79. The Hall–Kier alpha value is -1.65. The molecule has 0 aliphatic carbocycles. The molecule has 1 rings (SSSR count). The number of carbonyl (C=O) groups excluding carboxylic acids is 1. The third-order valence-corrected chi connectivity index (χ3v) is 1.43. The van der Waals surface area contributed by atoms with Crippen LogP contribution in [0.25, 0.3) is 0 Å². The van der Waals surface area contributed by atoms with E-state index in [0.29, 0.717) is 0 Å². The number of pyridine rings is 1. The molecule has 0 unspecified atom stereocenters. The van der Waals surface area contributed by atoms with Crippen LogP contribution in [0.3, 0.4) is 0 Å². The van der Waals surface area contributed by atoms with Gasteiger partial charge in [0.05, 0.1) is 20.4 Å². The molecule has 13 heavy (non-hydrogen) atoms. The van der Waals surface area contributed by atoms with Crippen molar-refractivity contribution in [1.29, 1.82) is 0 Å². The fourth-order valence-corrected chi connectivity index (χ4v) is 0.793. The molecule has 0 atom stereocenters. The van der Waals surface area contributed by atoms with Gasteiger partial charge in [0, 0.05) is 6.07 Å². The third-order valence-electron chi connectivity index (χ3n) is 1.43. The smallest absolute Gasteiger partial charge is 0.356 e. The van der Waals surface area contributed by atoms with Gasteiger partial charge in [0.1, 0.15) is 0 Å². The first-order valence-corrected chi connectivity index (χ1v) is 3.47. The number of hydrogen-bond acceptors (Lipinski definition) is 4. The van der Waals surface area contributed by atoms with E-state index in [2.05, 4.69) is 14.5 Å². The van der Waals surface area contributed by atoms with E-state index in [1.807, 2.05) is 0 Å². The van der Waals surface area contributed by atoms with Gasteiger partial charge in [0.15, 0.2) is 17.3 Å². The average molecular weight is 185 g/mol. The highest BCUT2D eigenvalue weighted by atomic mass is 19.1. The molecule has 70 valence electrons. The van der Waals surface area contributed by atoms with Gasteiger partial charge in [-0.1, -0.05) is 0 Å². The van der Waals surface area contributed by atoms with Crippen molar-refractivity contribution in [3.05, 3.63) is 23.8 Å². The van der Waals surface area contributed by atoms with Crippen molar-refractivity contribution in [3.8, 4) is 5.75 Å². The van der Waals surface area contributed by atoms with Gasteiger partial charge in [-0.2, -0.15) is 0 Å². The Morgan fingerprint density at radius 3 is 2.77 bits per heavy atom. The summed E-state index contributed by atoms with van der Waals surface area (Å²) < 4.78 is 21.9. The van der Waals surface area contributed by atoms with E-state index in [9.17, 15) is 9.18 Å². The Morgan fingerprint density at radius 2 is 2.23 bits per heavy atom. The molecule has 0 aliphatic rings. The molecule has 1 heterocycles. The fourth-order valence-electron chi connectivity index (χ4n) is 0.793. The van der Waals surface area contributed by atoms with Crippen molar-refractivity contribution in [2.45, 2.75) is 0 Å². The van der Waals surface area contributed by atoms with Gasteiger partial charge in [-0.3, -0.25) is 0 Å². The highest BCUT2D eigenvalue weighted by Gasteiger charge is 2.11. The molecular weight excluding hydrogens is 177 g/mol. The lowest BCUT2D eigenvalue weighted by Gasteiger charge is -2.02. The highest BCUT2D eigenvalue weighted by Crippen LogP contribution is 2.16. The molecule has 0 radical (unpaired) electrons. The van der Waals surface area contributed by atoms with E-state index >= 15 is 0 Å². The van der Waals surface area contributed by atoms with Gasteiger partial charge in [0.25, 0.3) is 0 Å². The Balaban J connectivity index is 3.06. The quantitative estimate of drug-likeness (QED) is 0.645. The lowest BCUT2D eigenvalue weighted by Crippen LogP contribution is -2.05. The van der Waals surface area contributed by atoms with Gasteiger partial charge in [0.2, 0.25) is 0 Å². The van der Waals surface area contributed by atoms with E-state index in [0.717, 1.165) is 6.20 Å². The predicted molar refractivity (Wildman–Crippen MR) is 42.1 cm³/mol. The number of methoxy groups -OCH3 is 2. The first-order valence-electron chi connectivity index (χ1n) is 3.47. The predicted octanol–water partition coefficient (Wildman–Crippen LogP) is 1.02. The van der Waals surface area contributed by atoms with Gasteiger partial charge in [-0.15, -0.1) is 0 Å². The molecular formula is C8H8FNO3.